The summed E-state index contributed by atoms with van der Waals surface area (Å²) in [5, 5.41) is 0. The molecule has 16 heavy (non-hydrogen) atoms. The van der Waals surface area contributed by atoms with E-state index in [0.717, 1.165) is 3.79 Å². The van der Waals surface area contributed by atoms with Crippen molar-refractivity contribution in [3.8, 4) is 0 Å². The Kier molecular flexibility index (Phi) is 6.39. The van der Waals surface area contributed by atoms with Crippen LogP contribution in [0.2, 0.25) is 0 Å². The molecule has 1 aromatic heterocycles. The fourth-order valence-electron chi connectivity index (χ4n) is 1.14. The lowest BCUT2D eigenvalue weighted by molar-refractivity contribution is 0.0168. The van der Waals surface area contributed by atoms with Gasteiger partial charge in [0.25, 0.3) is 6.43 Å². The van der Waals surface area contributed by atoms with Crippen LogP contribution in [0.4, 0.5) is 8.78 Å². The van der Waals surface area contributed by atoms with Crippen LogP contribution in [0.25, 0.3) is 0 Å². The van der Waals surface area contributed by atoms with Crippen LogP contribution in [0.15, 0.2) is 9.85 Å². The van der Waals surface area contributed by atoms with E-state index in [1.165, 1.54) is 10.4 Å². The summed E-state index contributed by atoms with van der Waals surface area (Å²) in [4.78, 5) is 1.35. The standard InChI is InChI=1S/C10H12Br2F2OS/c1-6-4-8(16-10(6)12)7(11)2-3-15-5-9(13)14/h4,7,9H,2-3,5H2,1H3. The van der Waals surface area contributed by atoms with Crippen LogP contribution in [-0.2, 0) is 4.74 Å². The minimum Gasteiger partial charge on any atom is -0.375 e. The molecule has 0 bridgehead atoms. The molecule has 0 amide bonds. The van der Waals surface area contributed by atoms with Gasteiger partial charge >= 0.3 is 0 Å². The minimum atomic E-state index is -2.38. The van der Waals surface area contributed by atoms with Gasteiger partial charge in [0.1, 0.15) is 6.61 Å². The average Bonchev–Trinajstić information content (AvgIpc) is 2.54. The number of ether oxygens (including phenoxy) is 1. The van der Waals surface area contributed by atoms with Crippen molar-refractivity contribution in [1.29, 1.82) is 0 Å². The van der Waals surface area contributed by atoms with Gasteiger partial charge in [-0.05, 0) is 40.9 Å². The Morgan fingerprint density at radius 2 is 2.19 bits per heavy atom. The first-order valence-electron chi connectivity index (χ1n) is 4.76. The van der Waals surface area contributed by atoms with Crippen molar-refractivity contribution >= 4 is 43.2 Å². The number of hydrogen-bond donors (Lipinski definition) is 0. The second-order valence-electron chi connectivity index (χ2n) is 3.33. The maximum atomic E-state index is 11.8. The third kappa shape index (κ3) is 4.77. The molecule has 1 aromatic rings. The van der Waals surface area contributed by atoms with Crippen molar-refractivity contribution in [2.24, 2.45) is 0 Å². The molecule has 1 rings (SSSR count). The number of alkyl halides is 3. The van der Waals surface area contributed by atoms with E-state index < -0.39 is 13.0 Å². The first kappa shape index (κ1) is 14.5. The Labute approximate surface area is 114 Å². The predicted molar refractivity (Wildman–Crippen MR) is 69.9 cm³/mol. The third-order valence-corrected chi connectivity index (χ3v) is 5.45. The molecule has 1 nitrogen and oxygen atoms in total. The molecular weight excluding hydrogens is 366 g/mol. The smallest absolute Gasteiger partial charge is 0.261 e. The molecule has 0 fully saturated rings. The molecule has 0 saturated heterocycles. The highest BCUT2D eigenvalue weighted by Gasteiger charge is 2.12. The summed E-state index contributed by atoms with van der Waals surface area (Å²) in [6, 6.07) is 2.08. The quantitative estimate of drug-likeness (QED) is 0.504. The first-order chi connectivity index (χ1) is 7.50. The second-order valence-corrected chi connectivity index (χ2v) is 6.83. The summed E-state index contributed by atoms with van der Waals surface area (Å²) in [5.74, 6) is 0. The highest BCUT2D eigenvalue weighted by molar-refractivity contribution is 9.11. The van der Waals surface area contributed by atoms with Gasteiger partial charge in [-0.15, -0.1) is 11.3 Å². The van der Waals surface area contributed by atoms with Crippen molar-refractivity contribution < 1.29 is 13.5 Å². The van der Waals surface area contributed by atoms with E-state index in [0.29, 0.717) is 13.0 Å². The van der Waals surface area contributed by atoms with E-state index >= 15 is 0 Å². The Balaban J connectivity index is 2.32. The number of rotatable bonds is 6. The summed E-state index contributed by atoms with van der Waals surface area (Å²) < 4.78 is 29.5. The zero-order valence-corrected chi connectivity index (χ0v) is 12.7. The zero-order valence-electron chi connectivity index (χ0n) is 8.68. The number of thiophene rings is 1. The molecule has 6 heteroatoms. The summed E-state index contributed by atoms with van der Waals surface area (Å²) in [5.41, 5.74) is 1.19. The monoisotopic (exact) mass is 376 g/mol. The van der Waals surface area contributed by atoms with Crippen molar-refractivity contribution in [2.45, 2.75) is 24.6 Å². The van der Waals surface area contributed by atoms with Crippen LogP contribution in [0.3, 0.4) is 0 Å². The van der Waals surface area contributed by atoms with Gasteiger partial charge in [-0.1, -0.05) is 15.9 Å². The number of hydrogen-bond acceptors (Lipinski definition) is 2. The Bertz CT molecular complexity index is 311. The van der Waals surface area contributed by atoms with Crippen LogP contribution in [0.5, 0.6) is 0 Å². The van der Waals surface area contributed by atoms with Crippen LogP contribution in [0, 0.1) is 6.92 Å². The molecule has 0 aliphatic rings. The van der Waals surface area contributed by atoms with Crippen molar-refractivity contribution in [3.63, 3.8) is 0 Å². The molecule has 0 spiro atoms. The highest BCUT2D eigenvalue weighted by atomic mass is 79.9. The van der Waals surface area contributed by atoms with Crippen LogP contribution < -0.4 is 0 Å². The lowest BCUT2D eigenvalue weighted by Gasteiger charge is -2.07. The van der Waals surface area contributed by atoms with Gasteiger partial charge in [0.05, 0.1) is 8.61 Å². The zero-order chi connectivity index (χ0) is 12.1. The van der Waals surface area contributed by atoms with Gasteiger partial charge in [-0.25, -0.2) is 8.78 Å². The largest absolute Gasteiger partial charge is 0.375 e. The van der Waals surface area contributed by atoms with Gasteiger partial charge in [-0.2, -0.15) is 0 Å². The van der Waals surface area contributed by atoms with Gasteiger partial charge < -0.3 is 4.74 Å². The Hall–Kier alpha value is 0.480. The average molecular weight is 378 g/mol. The fraction of sp³-hybridized carbons (Fsp3) is 0.600. The van der Waals surface area contributed by atoms with Gasteiger partial charge in [-0.3, -0.25) is 0 Å². The minimum absolute atomic E-state index is 0.167. The molecule has 0 aliphatic heterocycles. The second kappa shape index (κ2) is 7.03. The SMILES string of the molecule is Cc1cc(C(Br)CCOCC(F)F)sc1Br. The van der Waals surface area contributed by atoms with E-state index in [1.807, 2.05) is 6.92 Å². The normalized spacial score (nSPS) is 13.4. The third-order valence-electron chi connectivity index (χ3n) is 1.94. The molecule has 92 valence electrons. The van der Waals surface area contributed by atoms with Crippen molar-refractivity contribution in [2.75, 3.05) is 13.2 Å². The summed E-state index contributed by atoms with van der Waals surface area (Å²) in [6.07, 6.45) is -1.69. The predicted octanol–water partition coefficient (Wildman–Crippen LogP) is 4.93. The molecule has 1 heterocycles. The van der Waals surface area contributed by atoms with Gasteiger partial charge in [0.2, 0.25) is 0 Å². The first-order valence-corrected chi connectivity index (χ1v) is 7.29. The lowest BCUT2D eigenvalue weighted by atomic mass is 10.2. The highest BCUT2D eigenvalue weighted by Crippen LogP contribution is 2.36. The summed E-state index contributed by atoms with van der Waals surface area (Å²) >= 11 is 8.63. The number of halogens is 4. The molecule has 0 saturated carbocycles. The van der Waals surface area contributed by atoms with E-state index in [4.69, 9.17) is 4.74 Å². The maximum Gasteiger partial charge on any atom is 0.261 e. The molecule has 0 aromatic carbocycles. The van der Waals surface area contributed by atoms with Crippen molar-refractivity contribution in [1.82, 2.24) is 0 Å². The molecule has 1 atom stereocenters. The van der Waals surface area contributed by atoms with Crippen LogP contribution in [-0.4, -0.2) is 19.6 Å². The van der Waals surface area contributed by atoms with E-state index in [9.17, 15) is 8.78 Å². The molecule has 0 radical (unpaired) electrons. The molecular formula is C10H12Br2F2OS. The van der Waals surface area contributed by atoms with Gasteiger partial charge in [0, 0.05) is 11.5 Å². The summed E-state index contributed by atoms with van der Waals surface area (Å²) in [7, 11) is 0. The molecule has 1 unspecified atom stereocenters. The topological polar surface area (TPSA) is 9.23 Å². The Morgan fingerprint density at radius 1 is 1.50 bits per heavy atom. The van der Waals surface area contributed by atoms with Gasteiger partial charge in [0.15, 0.2) is 0 Å². The number of aryl methyl sites for hydroxylation is 1. The fourth-order valence-corrected chi connectivity index (χ4v) is 3.32. The molecule has 0 N–H and O–H groups in total. The summed E-state index contributed by atoms with van der Waals surface area (Å²) in [6.45, 7) is 1.89. The lowest BCUT2D eigenvalue weighted by Crippen LogP contribution is -2.06. The van der Waals surface area contributed by atoms with E-state index in [1.54, 1.807) is 11.3 Å². The maximum absolute atomic E-state index is 11.8. The van der Waals surface area contributed by atoms with E-state index in [2.05, 4.69) is 37.9 Å². The molecule has 0 aliphatic carbocycles. The Morgan fingerprint density at radius 3 is 2.69 bits per heavy atom. The van der Waals surface area contributed by atoms with Crippen LogP contribution in [0.1, 0.15) is 21.7 Å². The van der Waals surface area contributed by atoms with Crippen LogP contribution >= 0.6 is 43.2 Å². The van der Waals surface area contributed by atoms with E-state index in [-0.39, 0.29) is 4.83 Å². The van der Waals surface area contributed by atoms with Crippen molar-refractivity contribution in [3.05, 3.63) is 20.3 Å².